The molecule has 1 aliphatic rings. The first-order valence-corrected chi connectivity index (χ1v) is 9.86. The molecule has 1 aliphatic heterocycles. The minimum absolute atomic E-state index is 0.0446. The lowest BCUT2D eigenvalue weighted by Gasteiger charge is -2.55. The van der Waals surface area contributed by atoms with E-state index in [2.05, 4.69) is 30.8 Å². The first kappa shape index (κ1) is 17.6. The van der Waals surface area contributed by atoms with Crippen molar-refractivity contribution < 1.29 is 4.79 Å². The van der Waals surface area contributed by atoms with E-state index in [4.69, 9.17) is 0 Å². The van der Waals surface area contributed by atoms with Gasteiger partial charge in [0.05, 0.1) is 6.04 Å². The Bertz CT molecular complexity index is 926. The minimum Gasteiger partial charge on any atom is -0.302 e. The number of rotatable bonds is 6. The summed E-state index contributed by atoms with van der Waals surface area (Å²) in [5, 5.41) is 0. The fraction of sp³-hybridized carbons (Fsp3) is 0.125. The maximum absolute atomic E-state index is 13.5. The second-order valence-electron chi connectivity index (χ2n) is 6.62. The van der Waals surface area contributed by atoms with Gasteiger partial charge in [0, 0.05) is 10.6 Å². The van der Waals surface area contributed by atoms with Gasteiger partial charge < -0.3 is 4.90 Å². The third kappa shape index (κ3) is 3.08. The molecule has 4 rings (SSSR count). The number of para-hydroxylation sites is 1. The van der Waals surface area contributed by atoms with E-state index in [0.29, 0.717) is 6.42 Å². The number of allylic oxidation sites excluding steroid dienone is 1. The van der Waals surface area contributed by atoms with Crippen LogP contribution in [0.1, 0.15) is 18.0 Å². The van der Waals surface area contributed by atoms with E-state index in [9.17, 15) is 4.79 Å². The van der Waals surface area contributed by atoms with Gasteiger partial charge in [-0.2, -0.15) is 0 Å². The second-order valence-corrected chi connectivity index (χ2v) is 8.03. The molecule has 3 aromatic rings. The number of hydrogen-bond donors (Lipinski definition) is 0. The van der Waals surface area contributed by atoms with Gasteiger partial charge in [0.15, 0.2) is 0 Å². The summed E-state index contributed by atoms with van der Waals surface area (Å²) in [6.45, 7) is 3.95. The highest BCUT2D eigenvalue weighted by atomic mass is 32.2. The topological polar surface area (TPSA) is 20.3 Å². The van der Waals surface area contributed by atoms with Crippen LogP contribution in [-0.4, -0.2) is 10.7 Å². The van der Waals surface area contributed by atoms with Crippen LogP contribution in [0.5, 0.6) is 0 Å². The van der Waals surface area contributed by atoms with Gasteiger partial charge in [-0.3, -0.25) is 4.79 Å². The maximum Gasteiger partial charge on any atom is 0.247 e. The molecule has 1 heterocycles. The van der Waals surface area contributed by atoms with Crippen LogP contribution in [0.15, 0.2) is 109 Å². The Morgan fingerprint density at radius 3 is 2.04 bits per heavy atom. The molecule has 0 radical (unpaired) electrons. The first-order chi connectivity index (χ1) is 13.3. The van der Waals surface area contributed by atoms with E-state index in [1.54, 1.807) is 11.8 Å². The lowest BCUT2D eigenvalue weighted by atomic mass is 9.78. The number of nitrogens with zero attached hydrogens (tertiary/aromatic N) is 1. The molecule has 27 heavy (non-hydrogen) atoms. The van der Waals surface area contributed by atoms with Gasteiger partial charge >= 0.3 is 0 Å². The summed E-state index contributed by atoms with van der Waals surface area (Å²) in [4.78, 5) is 16.5. The highest BCUT2D eigenvalue weighted by Gasteiger charge is 2.61. The summed E-state index contributed by atoms with van der Waals surface area (Å²) in [7, 11) is 0. The van der Waals surface area contributed by atoms with Crippen LogP contribution in [0.4, 0.5) is 5.69 Å². The number of thioether (sulfide) groups is 1. The summed E-state index contributed by atoms with van der Waals surface area (Å²) in [6.07, 6.45) is 2.49. The number of anilines is 1. The normalized spacial score (nSPS) is 21.6. The van der Waals surface area contributed by atoms with Crippen molar-refractivity contribution in [3.8, 4) is 0 Å². The Morgan fingerprint density at radius 2 is 1.44 bits per heavy atom. The highest BCUT2D eigenvalue weighted by molar-refractivity contribution is 8.01. The van der Waals surface area contributed by atoms with E-state index in [0.717, 1.165) is 16.1 Å². The summed E-state index contributed by atoms with van der Waals surface area (Å²) >= 11 is 1.65. The zero-order valence-corrected chi connectivity index (χ0v) is 15.8. The second kappa shape index (κ2) is 7.45. The third-order valence-electron chi connectivity index (χ3n) is 4.92. The molecule has 3 heteroatoms. The average molecular weight is 372 g/mol. The standard InChI is InChI=1S/C24H21NOS/c1-2-18-24(27-21-16-10-5-11-17-21)22(19-12-6-3-7-13-19)25(23(24)26)20-14-8-4-9-15-20/h2-17,22H,1,18H2/t22-,24+/m1/s1. The average Bonchev–Trinajstić information content (AvgIpc) is 2.73. The van der Waals surface area contributed by atoms with Crippen LogP contribution in [-0.2, 0) is 4.79 Å². The van der Waals surface area contributed by atoms with E-state index >= 15 is 0 Å². The molecule has 0 aromatic heterocycles. The quantitative estimate of drug-likeness (QED) is 0.398. The summed E-state index contributed by atoms with van der Waals surface area (Å²) in [6, 6.07) is 30.3. The van der Waals surface area contributed by atoms with Crippen molar-refractivity contribution in [1.82, 2.24) is 0 Å². The fourth-order valence-electron chi connectivity index (χ4n) is 3.74. The molecular formula is C24H21NOS. The first-order valence-electron chi connectivity index (χ1n) is 9.05. The Morgan fingerprint density at radius 1 is 0.889 bits per heavy atom. The number of hydrogen-bond acceptors (Lipinski definition) is 2. The van der Waals surface area contributed by atoms with E-state index < -0.39 is 4.75 Å². The molecule has 2 atom stereocenters. The van der Waals surface area contributed by atoms with Crippen molar-refractivity contribution >= 4 is 23.4 Å². The summed E-state index contributed by atoms with van der Waals surface area (Å²) in [5.74, 6) is 0.135. The van der Waals surface area contributed by atoms with Crippen molar-refractivity contribution in [3.05, 3.63) is 109 Å². The number of β-lactam (4-membered cyclic amide) rings is 1. The number of amides is 1. The molecule has 0 N–H and O–H groups in total. The molecule has 0 unspecified atom stereocenters. The fourth-order valence-corrected chi connectivity index (χ4v) is 5.20. The summed E-state index contributed by atoms with van der Waals surface area (Å²) < 4.78 is -0.583. The lowest BCUT2D eigenvalue weighted by molar-refractivity contribution is -0.127. The van der Waals surface area contributed by atoms with Gasteiger partial charge in [-0.05, 0) is 36.2 Å². The van der Waals surface area contributed by atoms with Crippen molar-refractivity contribution in [3.63, 3.8) is 0 Å². The van der Waals surface area contributed by atoms with Crippen molar-refractivity contribution in [2.45, 2.75) is 22.1 Å². The smallest absolute Gasteiger partial charge is 0.247 e. The Labute approximate surface area is 164 Å². The minimum atomic E-state index is -0.583. The molecule has 0 aliphatic carbocycles. The van der Waals surface area contributed by atoms with Gasteiger partial charge in [0.1, 0.15) is 4.75 Å². The van der Waals surface area contributed by atoms with Crippen molar-refractivity contribution in [2.24, 2.45) is 0 Å². The summed E-state index contributed by atoms with van der Waals surface area (Å²) in [5.41, 5.74) is 2.08. The zero-order chi connectivity index (χ0) is 18.7. The monoisotopic (exact) mass is 371 g/mol. The molecule has 2 nitrogen and oxygen atoms in total. The molecule has 0 spiro atoms. The predicted octanol–water partition coefficient (Wildman–Crippen LogP) is 5.88. The van der Waals surface area contributed by atoms with Gasteiger partial charge in [-0.15, -0.1) is 18.3 Å². The Kier molecular flexibility index (Phi) is 4.87. The van der Waals surface area contributed by atoms with Crippen LogP contribution < -0.4 is 4.90 Å². The third-order valence-corrected chi connectivity index (χ3v) is 6.36. The Hall–Kier alpha value is -2.78. The number of carbonyl (C=O) groups excluding carboxylic acids is 1. The van der Waals surface area contributed by atoms with Crippen LogP contribution in [0, 0.1) is 0 Å². The van der Waals surface area contributed by atoms with E-state index in [1.165, 1.54) is 0 Å². The Balaban J connectivity index is 1.81. The van der Waals surface area contributed by atoms with Crippen LogP contribution in [0.2, 0.25) is 0 Å². The maximum atomic E-state index is 13.5. The van der Waals surface area contributed by atoms with E-state index in [1.807, 2.05) is 77.7 Å². The van der Waals surface area contributed by atoms with Crippen LogP contribution >= 0.6 is 11.8 Å². The molecule has 1 fully saturated rings. The van der Waals surface area contributed by atoms with Crippen LogP contribution in [0.25, 0.3) is 0 Å². The molecule has 1 amide bonds. The van der Waals surface area contributed by atoms with Crippen LogP contribution in [0.3, 0.4) is 0 Å². The largest absolute Gasteiger partial charge is 0.302 e. The number of carbonyl (C=O) groups is 1. The molecule has 3 aromatic carbocycles. The zero-order valence-electron chi connectivity index (χ0n) is 15.0. The molecular weight excluding hydrogens is 350 g/mol. The van der Waals surface area contributed by atoms with Gasteiger partial charge in [0.2, 0.25) is 5.91 Å². The molecule has 0 saturated carbocycles. The lowest BCUT2D eigenvalue weighted by Crippen LogP contribution is -2.66. The van der Waals surface area contributed by atoms with Gasteiger partial charge in [0.25, 0.3) is 0 Å². The predicted molar refractivity (Wildman–Crippen MR) is 113 cm³/mol. The highest BCUT2D eigenvalue weighted by Crippen LogP contribution is 2.57. The number of benzene rings is 3. The van der Waals surface area contributed by atoms with Gasteiger partial charge in [-0.1, -0.05) is 72.8 Å². The van der Waals surface area contributed by atoms with Crippen molar-refractivity contribution in [2.75, 3.05) is 4.90 Å². The molecule has 134 valence electrons. The van der Waals surface area contributed by atoms with Gasteiger partial charge in [-0.25, -0.2) is 0 Å². The molecule has 0 bridgehead atoms. The van der Waals surface area contributed by atoms with Crippen molar-refractivity contribution in [1.29, 1.82) is 0 Å². The SMILES string of the molecule is C=CC[C@@]1(Sc2ccccc2)C(=O)N(c2ccccc2)[C@@H]1c1ccccc1. The van der Waals surface area contributed by atoms with E-state index in [-0.39, 0.29) is 11.9 Å². The molecule has 1 saturated heterocycles.